The van der Waals surface area contributed by atoms with Gasteiger partial charge in [0.15, 0.2) is 0 Å². The summed E-state index contributed by atoms with van der Waals surface area (Å²) in [7, 11) is 1.49. The van der Waals surface area contributed by atoms with Crippen molar-refractivity contribution in [3.05, 3.63) is 23.8 Å². The molecule has 1 aliphatic heterocycles. The molecule has 3 amide bonds. The normalized spacial score (nSPS) is 20.3. The first-order valence-electron chi connectivity index (χ1n) is 9.60. The zero-order valence-corrected chi connectivity index (χ0v) is 15.7. The van der Waals surface area contributed by atoms with Gasteiger partial charge in [-0.3, -0.25) is 14.4 Å². The largest absolute Gasteiger partial charge is 0.495 e. The molecule has 1 saturated carbocycles. The molecule has 3 N–H and O–H groups in total. The van der Waals surface area contributed by atoms with Crippen molar-refractivity contribution in [1.82, 2.24) is 4.90 Å². The van der Waals surface area contributed by atoms with Gasteiger partial charge in [0.2, 0.25) is 17.7 Å². The number of hydrogen-bond acceptors (Lipinski definition) is 4. The monoisotopic (exact) mass is 373 g/mol. The number of hydrogen-bond donors (Lipinski definition) is 2. The number of nitrogens with one attached hydrogen (secondary N) is 1. The molecule has 7 heteroatoms. The van der Waals surface area contributed by atoms with Gasteiger partial charge < -0.3 is 20.7 Å². The summed E-state index contributed by atoms with van der Waals surface area (Å²) < 4.78 is 5.27. The van der Waals surface area contributed by atoms with Gasteiger partial charge >= 0.3 is 0 Å². The molecule has 7 nitrogen and oxygen atoms in total. The molecular weight excluding hydrogens is 346 g/mol. The summed E-state index contributed by atoms with van der Waals surface area (Å²) in [5.74, 6) is -0.249. The van der Waals surface area contributed by atoms with E-state index < -0.39 is 11.9 Å². The molecule has 1 heterocycles. The van der Waals surface area contributed by atoms with Crippen molar-refractivity contribution in [2.45, 2.75) is 51.0 Å². The van der Waals surface area contributed by atoms with Gasteiger partial charge in [0, 0.05) is 18.0 Å². The van der Waals surface area contributed by atoms with E-state index in [9.17, 15) is 14.4 Å². The molecular formula is C20H27N3O4. The smallest absolute Gasteiger partial charge is 0.248 e. The number of anilines is 1. The molecule has 1 aliphatic carbocycles. The minimum absolute atomic E-state index is 0.0416. The first-order chi connectivity index (χ1) is 13.0. The van der Waals surface area contributed by atoms with Gasteiger partial charge in [-0.2, -0.15) is 0 Å². The summed E-state index contributed by atoms with van der Waals surface area (Å²) in [5.41, 5.74) is 6.00. The van der Waals surface area contributed by atoms with Crippen molar-refractivity contribution >= 4 is 23.4 Å². The van der Waals surface area contributed by atoms with Gasteiger partial charge in [0.25, 0.3) is 0 Å². The Bertz CT molecular complexity index is 728. The van der Waals surface area contributed by atoms with E-state index in [1.165, 1.54) is 19.6 Å². The number of nitrogens with zero attached hydrogens (tertiary/aromatic N) is 1. The third-order valence-corrected chi connectivity index (χ3v) is 5.53. The Balaban J connectivity index is 1.74. The molecule has 1 saturated heterocycles. The molecule has 2 aliphatic rings. The Labute approximate surface area is 159 Å². The summed E-state index contributed by atoms with van der Waals surface area (Å²) >= 11 is 0. The maximum Gasteiger partial charge on any atom is 0.248 e. The Kier molecular flexibility index (Phi) is 5.98. The molecule has 2 fully saturated rings. The maximum atomic E-state index is 12.9. The molecule has 0 radical (unpaired) electrons. The second kappa shape index (κ2) is 8.41. The van der Waals surface area contributed by atoms with E-state index in [1.807, 2.05) is 0 Å². The highest BCUT2D eigenvalue weighted by Gasteiger charge is 2.37. The topological polar surface area (TPSA) is 102 Å². The van der Waals surface area contributed by atoms with Crippen LogP contribution >= 0.6 is 0 Å². The minimum atomic E-state index is -0.580. The van der Waals surface area contributed by atoms with Gasteiger partial charge in [-0.25, -0.2) is 0 Å². The van der Waals surface area contributed by atoms with Crippen LogP contribution in [-0.4, -0.2) is 42.3 Å². The Morgan fingerprint density at radius 1 is 1.11 bits per heavy atom. The van der Waals surface area contributed by atoms with E-state index in [4.69, 9.17) is 10.5 Å². The van der Waals surface area contributed by atoms with Crippen molar-refractivity contribution in [2.24, 2.45) is 11.7 Å². The van der Waals surface area contributed by atoms with Crippen LogP contribution in [0.3, 0.4) is 0 Å². The van der Waals surface area contributed by atoms with Crippen molar-refractivity contribution in [3.63, 3.8) is 0 Å². The highest BCUT2D eigenvalue weighted by atomic mass is 16.5. The number of benzene rings is 1. The van der Waals surface area contributed by atoms with Crippen LogP contribution < -0.4 is 15.8 Å². The van der Waals surface area contributed by atoms with E-state index in [-0.39, 0.29) is 23.3 Å². The van der Waals surface area contributed by atoms with Gasteiger partial charge in [0.1, 0.15) is 11.8 Å². The number of nitrogens with two attached hydrogens (primary N) is 1. The second-order valence-corrected chi connectivity index (χ2v) is 7.29. The van der Waals surface area contributed by atoms with Crippen molar-refractivity contribution in [2.75, 3.05) is 19.0 Å². The maximum absolute atomic E-state index is 12.9. The molecule has 3 rings (SSSR count). The summed E-state index contributed by atoms with van der Waals surface area (Å²) in [6, 6.07) is 4.16. The number of likely N-dealkylation sites (tertiary alicyclic amines) is 1. The fraction of sp³-hybridized carbons (Fsp3) is 0.550. The van der Waals surface area contributed by atoms with Crippen LogP contribution in [0.4, 0.5) is 5.69 Å². The predicted octanol–water partition coefficient (Wildman–Crippen LogP) is 2.30. The van der Waals surface area contributed by atoms with Gasteiger partial charge in [-0.1, -0.05) is 19.3 Å². The fourth-order valence-corrected chi connectivity index (χ4v) is 4.06. The van der Waals surface area contributed by atoms with Crippen molar-refractivity contribution < 1.29 is 19.1 Å². The van der Waals surface area contributed by atoms with Crippen LogP contribution in [-0.2, 0) is 9.59 Å². The zero-order valence-electron chi connectivity index (χ0n) is 15.7. The number of carbonyl (C=O) groups is 3. The predicted molar refractivity (Wildman–Crippen MR) is 101 cm³/mol. The highest BCUT2D eigenvalue weighted by Crippen LogP contribution is 2.30. The number of amides is 3. The standard InChI is InChI=1S/C20H27N3O4/c1-27-17-10-9-14(18(21)24)12-15(17)22-19(25)16-8-5-11-23(16)20(26)13-6-3-2-4-7-13/h9-10,12-13,16H,2-8,11H2,1H3,(H2,21,24)(H,22,25)/t16-/m0/s1. The van der Waals surface area contributed by atoms with Gasteiger partial charge in [-0.05, 0) is 43.9 Å². The van der Waals surface area contributed by atoms with E-state index >= 15 is 0 Å². The van der Waals surface area contributed by atoms with Crippen LogP contribution in [0.15, 0.2) is 18.2 Å². The molecule has 27 heavy (non-hydrogen) atoms. The van der Waals surface area contributed by atoms with Gasteiger partial charge in [0.05, 0.1) is 12.8 Å². The number of rotatable bonds is 5. The second-order valence-electron chi connectivity index (χ2n) is 7.29. The first kappa shape index (κ1) is 19.2. The van der Waals surface area contributed by atoms with E-state index in [1.54, 1.807) is 17.0 Å². The lowest BCUT2D eigenvalue weighted by Gasteiger charge is -2.30. The van der Waals surface area contributed by atoms with Crippen LogP contribution in [0.2, 0.25) is 0 Å². The zero-order chi connectivity index (χ0) is 19.4. The highest BCUT2D eigenvalue weighted by molar-refractivity contribution is 6.00. The fourth-order valence-electron chi connectivity index (χ4n) is 4.06. The number of primary amides is 1. The lowest BCUT2D eigenvalue weighted by atomic mass is 9.88. The van der Waals surface area contributed by atoms with Gasteiger partial charge in [-0.15, -0.1) is 0 Å². The summed E-state index contributed by atoms with van der Waals surface area (Å²) in [4.78, 5) is 38.9. The summed E-state index contributed by atoms with van der Waals surface area (Å²) in [6.45, 7) is 0.617. The molecule has 0 aromatic heterocycles. The molecule has 1 aromatic rings. The molecule has 0 bridgehead atoms. The van der Waals surface area contributed by atoms with Crippen LogP contribution in [0.1, 0.15) is 55.3 Å². The van der Waals surface area contributed by atoms with Crippen LogP contribution in [0.5, 0.6) is 5.75 Å². The molecule has 1 atom stereocenters. The lowest BCUT2D eigenvalue weighted by Crippen LogP contribution is -2.46. The van der Waals surface area contributed by atoms with Crippen LogP contribution in [0.25, 0.3) is 0 Å². The third kappa shape index (κ3) is 4.23. The minimum Gasteiger partial charge on any atom is -0.495 e. The molecule has 146 valence electrons. The average Bonchev–Trinajstić information content (AvgIpc) is 3.18. The molecule has 0 unspecified atom stereocenters. The Morgan fingerprint density at radius 2 is 1.85 bits per heavy atom. The van der Waals surface area contributed by atoms with E-state index in [2.05, 4.69) is 5.32 Å². The lowest BCUT2D eigenvalue weighted by molar-refractivity contribution is -0.141. The first-order valence-corrected chi connectivity index (χ1v) is 9.60. The number of ether oxygens (including phenoxy) is 1. The summed E-state index contributed by atoms with van der Waals surface area (Å²) in [6.07, 6.45) is 6.63. The Morgan fingerprint density at radius 3 is 2.52 bits per heavy atom. The quantitative estimate of drug-likeness (QED) is 0.827. The SMILES string of the molecule is COc1ccc(C(N)=O)cc1NC(=O)[C@@H]1CCCN1C(=O)C1CCCCC1. The van der Waals surface area contributed by atoms with Crippen molar-refractivity contribution in [3.8, 4) is 5.75 Å². The van der Waals surface area contributed by atoms with E-state index in [0.29, 0.717) is 24.4 Å². The third-order valence-electron chi connectivity index (χ3n) is 5.53. The molecule has 0 spiro atoms. The summed E-state index contributed by atoms with van der Waals surface area (Å²) in [5, 5.41) is 2.82. The van der Waals surface area contributed by atoms with Crippen LogP contribution in [0, 0.1) is 5.92 Å². The number of carbonyl (C=O) groups excluding carboxylic acids is 3. The average molecular weight is 373 g/mol. The van der Waals surface area contributed by atoms with Crippen molar-refractivity contribution in [1.29, 1.82) is 0 Å². The number of methoxy groups -OCH3 is 1. The molecule has 1 aromatic carbocycles. The van der Waals surface area contributed by atoms with E-state index in [0.717, 1.165) is 32.1 Å². The Hall–Kier alpha value is -2.57.